The number of imide groups is 1. The Balaban J connectivity index is 1.34. The average molecular weight is 503 g/mol. The van der Waals surface area contributed by atoms with E-state index in [1.807, 2.05) is 0 Å². The molecule has 1 saturated heterocycles. The summed E-state index contributed by atoms with van der Waals surface area (Å²) < 4.78 is 10.2. The summed E-state index contributed by atoms with van der Waals surface area (Å²) in [5.41, 5.74) is 5.57. The van der Waals surface area contributed by atoms with Crippen LogP contribution in [0.3, 0.4) is 0 Å². The first-order valence-corrected chi connectivity index (χ1v) is 11.0. The van der Waals surface area contributed by atoms with Crippen LogP contribution in [0.5, 0.6) is 5.75 Å². The van der Waals surface area contributed by atoms with E-state index in [1.54, 1.807) is 24.3 Å². The van der Waals surface area contributed by atoms with Crippen molar-refractivity contribution >= 4 is 35.2 Å². The number of hydrogen-bond donors (Lipinski definition) is 2. The fourth-order valence-corrected chi connectivity index (χ4v) is 3.56. The summed E-state index contributed by atoms with van der Waals surface area (Å²) >= 11 is 0. The number of methoxy groups -OCH3 is 1. The van der Waals surface area contributed by atoms with Crippen molar-refractivity contribution in [2.75, 3.05) is 18.6 Å². The number of hydrogen-bond acceptors (Lipinski definition) is 10. The summed E-state index contributed by atoms with van der Waals surface area (Å²) in [6, 6.07) is 11.2. The molecule has 0 radical (unpaired) electrons. The molecule has 1 atom stereocenters. The number of benzene rings is 2. The van der Waals surface area contributed by atoms with Crippen molar-refractivity contribution < 1.29 is 33.4 Å². The van der Waals surface area contributed by atoms with E-state index in [0.29, 0.717) is 5.75 Å². The third-order valence-electron chi connectivity index (χ3n) is 5.41. The maximum absolute atomic E-state index is 12.8. The third kappa shape index (κ3) is 5.65. The number of ketones is 1. The molecule has 1 aliphatic heterocycles. The predicted octanol–water partition coefficient (Wildman–Crippen LogP) is 1.09. The second kappa shape index (κ2) is 11.2. The number of hydrazine groups is 1. The Morgan fingerprint density at radius 1 is 1.05 bits per heavy atom. The molecule has 1 unspecified atom stereocenters. The van der Waals surface area contributed by atoms with Gasteiger partial charge in [-0.15, -0.1) is 0 Å². The summed E-state index contributed by atoms with van der Waals surface area (Å²) in [5, 5.41) is 0. The largest absolute Gasteiger partial charge is 0.496 e. The van der Waals surface area contributed by atoms with E-state index in [1.165, 1.54) is 50.0 Å². The maximum Gasteiger partial charge on any atom is 0.338 e. The van der Waals surface area contributed by atoms with Crippen molar-refractivity contribution in [3.8, 4) is 5.75 Å². The number of Topliss-reactive ketones (excluding diaryl/α,β-unsaturated/α-hetero) is 1. The topological polar surface area (TPSA) is 157 Å². The molecule has 188 valence electrons. The molecule has 0 bridgehead atoms. The van der Waals surface area contributed by atoms with Crippen molar-refractivity contribution in [2.45, 2.75) is 12.5 Å². The van der Waals surface area contributed by atoms with Gasteiger partial charge in [0.25, 0.3) is 11.8 Å². The van der Waals surface area contributed by atoms with E-state index < -0.39 is 42.1 Å². The second-order valence-electron chi connectivity index (χ2n) is 7.76. The fraction of sp³-hybridized carbons (Fsp3) is 0.160. The van der Waals surface area contributed by atoms with Gasteiger partial charge < -0.3 is 9.47 Å². The number of ether oxygens (including phenoxy) is 2. The smallest absolute Gasteiger partial charge is 0.338 e. The highest BCUT2D eigenvalue weighted by molar-refractivity contribution is 6.22. The number of anilines is 1. The van der Waals surface area contributed by atoms with Gasteiger partial charge in [0.05, 0.1) is 36.5 Å². The molecule has 0 saturated carbocycles. The Bertz CT molecular complexity index is 1350. The average Bonchev–Trinajstić information content (AvgIpc) is 3.22. The molecule has 12 nitrogen and oxygen atoms in total. The summed E-state index contributed by atoms with van der Waals surface area (Å²) in [6.07, 6.45) is 3.83. The molecular weight excluding hydrogens is 482 g/mol. The standard InChI is InChI=1S/C25H21N5O7/c1-36-21-5-3-2-4-17(21)20(31)14-37-25(35)15-6-8-16(9-7-15)30-22(32)12-18(24(30)34)28-29-23(33)19-13-26-10-11-27-19/h2-11,13,18,28H,12,14H2,1H3,(H,29,33). The Morgan fingerprint density at radius 3 is 2.51 bits per heavy atom. The van der Waals surface area contributed by atoms with E-state index >= 15 is 0 Å². The van der Waals surface area contributed by atoms with E-state index in [4.69, 9.17) is 9.47 Å². The normalized spacial score (nSPS) is 14.8. The van der Waals surface area contributed by atoms with Crippen molar-refractivity contribution in [1.29, 1.82) is 0 Å². The van der Waals surface area contributed by atoms with Gasteiger partial charge in [-0.1, -0.05) is 12.1 Å². The third-order valence-corrected chi connectivity index (χ3v) is 5.41. The van der Waals surface area contributed by atoms with Crippen molar-refractivity contribution in [3.05, 3.63) is 83.9 Å². The number of nitrogens with one attached hydrogen (secondary N) is 2. The molecule has 4 rings (SSSR count). The summed E-state index contributed by atoms with van der Waals surface area (Å²) in [7, 11) is 1.43. The van der Waals surface area contributed by atoms with Crippen LogP contribution < -0.4 is 20.5 Å². The van der Waals surface area contributed by atoms with Gasteiger partial charge >= 0.3 is 5.97 Å². The molecular formula is C25H21N5O7. The highest BCUT2D eigenvalue weighted by atomic mass is 16.5. The number of carbonyl (C=O) groups excluding carboxylic acids is 5. The summed E-state index contributed by atoms with van der Waals surface area (Å²) in [6.45, 7) is -0.488. The monoisotopic (exact) mass is 503 g/mol. The maximum atomic E-state index is 12.8. The lowest BCUT2D eigenvalue weighted by atomic mass is 10.1. The molecule has 3 aromatic rings. The Kier molecular flexibility index (Phi) is 7.59. The zero-order valence-corrected chi connectivity index (χ0v) is 19.5. The number of rotatable bonds is 9. The molecule has 2 heterocycles. The number of amides is 3. The molecule has 1 aromatic heterocycles. The van der Waals surface area contributed by atoms with E-state index in [-0.39, 0.29) is 28.9 Å². The van der Waals surface area contributed by atoms with Crippen LogP contribution in [0.2, 0.25) is 0 Å². The highest BCUT2D eigenvalue weighted by Crippen LogP contribution is 2.24. The minimum Gasteiger partial charge on any atom is -0.496 e. The molecule has 2 aromatic carbocycles. The Morgan fingerprint density at radius 2 is 1.81 bits per heavy atom. The molecule has 1 aliphatic rings. The zero-order valence-electron chi connectivity index (χ0n) is 19.5. The summed E-state index contributed by atoms with van der Waals surface area (Å²) in [4.78, 5) is 70.7. The molecule has 37 heavy (non-hydrogen) atoms. The van der Waals surface area contributed by atoms with Crippen LogP contribution in [0.1, 0.15) is 37.6 Å². The van der Waals surface area contributed by atoms with Gasteiger partial charge in [0, 0.05) is 12.4 Å². The highest BCUT2D eigenvalue weighted by Gasteiger charge is 2.39. The van der Waals surface area contributed by atoms with Gasteiger partial charge in [-0.25, -0.2) is 20.1 Å². The lowest BCUT2D eigenvalue weighted by molar-refractivity contribution is -0.121. The van der Waals surface area contributed by atoms with Gasteiger partial charge in [-0.2, -0.15) is 0 Å². The van der Waals surface area contributed by atoms with Crippen LogP contribution in [0.15, 0.2) is 67.1 Å². The van der Waals surface area contributed by atoms with Gasteiger partial charge in [-0.3, -0.25) is 29.6 Å². The number of aromatic nitrogens is 2. The van der Waals surface area contributed by atoms with Gasteiger partial charge in [0.15, 0.2) is 6.61 Å². The first kappa shape index (κ1) is 25.1. The minimum absolute atomic E-state index is 0.0377. The molecule has 0 aliphatic carbocycles. The zero-order chi connectivity index (χ0) is 26.4. The number of nitrogens with zero attached hydrogens (tertiary/aromatic N) is 3. The molecule has 1 fully saturated rings. The van der Waals surface area contributed by atoms with Crippen molar-refractivity contribution in [2.24, 2.45) is 0 Å². The Hall–Kier alpha value is -4.97. The predicted molar refractivity (Wildman–Crippen MR) is 128 cm³/mol. The van der Waals surface area contributed by atoms with Crippen LogP contribution in [0.4, 0.5) is 5.69 Å². The second-order valence-corrected chi connectivity index (χ2v) is 7.76. The molecule has 0 spiro atoms. The van der Waals surface area contributed by atoms with E-state index in [9.17, 15) is 24.0 Å². The van der Waals surface area contributed by atoms with Crippen LogP contribution in [-0.2, 0) is 14.3 Å². The van der Waals surface area contributed by atoms with Crippen molar-refractivity contribution in [3.63, 3.8) is 0 Å². The van der Waals surface area contributed by atoms with Crippen LogP contribution >= 0.6 is 0 Å². The lowest BCUT2D eigenvalue weighted by Gasteiger charge is -2.16. The number of para-hydroxylation sites is 1. The molecule has 12 heteroatoms. The molecule has 3 amide bonds. The van der Waals surface area contributed by atoms with Gasteiger partial charge in [-0.05, 0) is 36.4 Å². The van der Waals surface area contributed by atoms with E-state index in [0.717, 1.165) is 4.90 Å². The van der Waals surface area contributed by atoms with E-state index in [2.05, 4.69) is 20.8 Å². The minimum atomic E-state index is -0.987. The molecule has 2 N–H and O–H groups in total. The lowest BCUT2D eigenvalue weighted by Crippen LogP contribution is -2.48. The fourth-order valence-electron chi connectivity index (χ4n) is 3.56. The van der Waals surface area contributed by atoms with Gasteiger partial charge in [0.1, 0.15) is 17.5 Å². The first-order chi connectivity index (χ1) is 17.9. The number of carbonyl (C=O) groups is 5. The Labute approximate surface area is 210 Å². The van der Waals surface area contributed by atoms with Crippen LogP contribution in [0.25, 0.3) is 0 Å². The first-order valence-electron chi connectivity index (χ1n) is 11.0. The van der Waals surface area contributed by atoms with Crippen molar-refractivity contribution in [1.82, 2.24) is 20.8 Å². The summed E-state index contributed by atoms with van der Waals surface area (Å²) in [5.74, 6) is -2.50. The SMILES string of the molecule is COc1ccccc1C(=O)COC(=O)c1ccc(N2C(=O)CC(NNC(=O)c3cnccn3)C2=O)cc1. The van der Waals surface area contributed by atoms with Gasteiger partial charge in [0.2, 0.25) is 11.7 Å². The van der Waals surface area contributed by atoms with Crippen LogP contribution in [-0.4, -0.2) is 59.2 Å². The van der Waals surface area contributed by atoms with Crippen LogP contribution in [0, 0.1) is 0 Å². The number of esters is 1. The quantitative estimate of drug-likeness (QED) is 0.187.